The Bertz CT molecular complexity index is 622. The summed E-state index contributed by atoms with van der Waals surface area (Å²) >= 11 is 0. The minimum atomic E-state index is -0.933. The molecule has 0 bridgehead atoms. The molecular formula is C11H14N2O6. The summed E-state index contributed by atoms with van der Waals surface area (Å²) in [7, 11) is 0. The van der Waals surface area contributed by atoms with Crippen molar-refractivity contribution >= 4 is 0 Å². The Morgan fingerprint density at radius 3 is 2.74 bits per heavy atom. The van der Waals surface area contributed by atoms with Crippen LogP contribution in [0.5, 0.6) is 0 Å². The topological polar surface area (TPSA) is 103 Å². The maximum atomic E-state index is 11.8. The number of aliphatic hydroxyl groups excluding tert-OH is 1. The average Bonchev–Trinajstić information content (AvgIpc) is 2.50. The van der Waals surface area contributed by atoms with Gasteiger partial charge in [0, 0.05) is 11.8 Å². The number of hydrogen-bond donors (Lipinski definition) is 2. The van der Waals surface area contributed by atoms with Crippen molar-refractivity contribution in [3.8, 4) is 0 Å². The van der Waals surface area contributed by atoms with Crippen LogP contribution in [-0.4, -0.2) is 39.1 Å². The van der Waals surface area contributed by atoms with E-state index >= 15 is 0 Å². The Morgan fingerprint density at radius 2 is 2.21 bits per heavy atom. The van der Waals surface area contributed by atoms with Gasteiger partial charge in [0.2, 0.25) is 0 Å². The minimum absolute atomic E-state index is 0.259. The molecule has 2 saturated heterocycles. The minimum Gasteiger partial charge on any atom is -0.393 e. The Hall–Kier alpha value is -1.48. The highest BCUT2D eigenvalue weighted by Crippen LogP contribution is 2.45. The average molecular weight is 270 g/mol. The molecule has 2 N–H and O–H groups in total. The van der Waals surface area contributed by atoms with Crippen LogP contribution >= 0.6 is 0 Å². The predicted octanol–water partition coefficient (Wildman–Crippen LogP) is -1.18. The summed E-state index contributed by atoms with van der Waals surface area (Å²) in [6, 6.07) is 0. The summed E-state index contributed by atoms with van der Waals surface area (Å²) in [4.78, 5) is 35.3. The fourth-order valence-electron chi connectivity index (χ4n) is 2.35. The molecule has 104 valence electrons. The molecule has 0 saturated carbocycles. The van der Waals surface area contributed by atoms with E-state index < -0.39 is 35.3 Å². The number of hydrogen-bond acceptors (Lipinski definition) is 6. The number of aromatic nitrogens is 2. The van der Waals surface area contributed by atoms with E-state index in [0.717, 1.165) is 0 Å². The van der Waals surface area contributed by atoms with Crippen molar-refractivity contribution in [1.29, 1.82) is 0 Å². The van der Waals surface area contributed by atoms with Crippen LogP contribution in [0.25, 0.3) is 0 Å². The van der Waals surface area contributed by atoms with Gasteiger partial charge in [-0.1, -0.05) is 0 Å². The monoisotopic (exact) mass is 270 g/mol. The van der Waals surface area contributed by atoms with Crippen LogP contribution in [0.2, 0.25) is 0 Å². The van der Waals surface area contributed by atoms with Crippen LogP contribution in [0.15, 0.2) is 15.8 Å². The van der Waals surface area contributed by atoms with Gasteiger partial charge in [-0.2, -0.15) is 0 Å². The molecule has 2 aliphatic heterocycles. The summed E-state index contributed by atoms with van der Waals surface area (Å²) in [5, 5.41) is 9.37. The number of nitrogens with one attached hydrogen (secondary N) is 1. The van der Waals surface area contributed by atoms with Crippen molar-refractivity contribution in [2.24, 2.45) is 0 Å². The molecular weight excluding hydrogens is 256 g/mol. The Kier molecular flexibility index (Phi) is 2.65. The quantitative estimate of drug-likeness (QED) is 0.656. The first-order valence-corrected chi connectivity index (χ1v) is 5.89. The third-order valence-corrected chi connectivity index (χ3v) is 3.58. The van der Waals surface area contributed by atoms with Crippen molar-refractivity contribution in [3.05, 3.63) is 32.6 Å². The van der Waals surface area contributed by atoms with Crippen molar-refractivity contribution in [2.45, 2.75) is 37.9 Å². The van der Waals surface area contributed by atoms with Crippen molar-refractivity contribution < 1.29 is 19.6 Å². The molecule has 2 unspecified atom stereocenters. The highest BCUT2D eigenvalue weighted by molar-refractivity contribution is 5.06. The number of ether oxygens (including phenoxy) is 1. The van der Waals surface area contributed by atoms with Crippen LogP contribution in [0.4, 0.5) is 0 Å². The lowest BCUT2D eigenvalue weighted by molar-refractivity contribution is -0.468. The van der Waals surface area contributed by atoms with E-state index in [1.807, 2.05) is 0 Å². The molecule has 8 nitrogen and oxygen atoms in total. The zero-order chi connectivity index (χ0) is 13.8. The summed E-state index contributed by atoms with van der Waals surface area (Å²) in [5.41, 5.74) is -1.57. The van der Waals surface area contributed by atoms with E-state index in [4.69, 9.17) is 14.5 Å². The second-order valence-electron chi connectivity index (χ2n) is 5.04. The lowest BCUT2D eigenvalue weighted by atomic mass is 9.97. The number of aromatic amines is 1. The SMILES string of the molecule is Cc1cn([C@@H]2O[C@](C)(CO)C3OOC32)c(=O)[nH]c1=O. The maximum Gasteiger partial charge on any atom is 0.330 e. The zero-order valence-electron chi connectivity index (χ0n) is 10.5. The van der Waals surface area contributed by atoms with Gasteiger partial charge >= 0.3 is 5.69 Å². The summed E-state index contributed by atoms with van der Waals surface area (Å²) < 4.78 is 6.94. The fourth-order valence-corrected chi connectivity index (χ4v) is 2.35. The lowest BCUT2D eigenvalue weighted by Gasteiger charge is -2.35. The normalized spacial score (nSPS) is 36.9. The van der Waals surface area contributed by atoms with E-state index in [1.165, 1.54) is 10.8 Å². The zero-order valence-corrected chi connectivity index (χ0v) is 10.5. The van der Waals surface area contributed by atoms with E-state index in [0.29, 0.717) is 5.56 Å². The first-order valence-electron chi connectivity index (χ1n) is 5.89. The Labute approximate surface area is 107 Å². The number of aryl methyl sites for hydroxylation is 1. The van der Waals surface area contributed by atoms with Gasteiger partial charge in [-0.15, -0.1) is 0 Å². The number of H-pyrrole nitrogens is 1. The molecule has 1 aromatic heterocycles. The third kappa shape index (κ3) is 1.68. The van der Waals surface area contributed by atoms with Gasteiger partial charge < -0.3 is 9.84 Å². The van der Waals surface area contributed by atoms with E-state index in [2.05, 4.69) is 4.98 Å². The molecule has 3 heterocycles. The molecule has 1 aromatic rings. The second-order valence-corrected chi connectivity index (χ2v) is 5.04. The predicted molar refractivity (Wildman–Crippen MR) is 61.4 cm³/mol. The third-order valence-electron chi connectivity index (χ3n) is 3.58. The number of nitrogens with zero attached hydrogens (tertiary/aromatic N) is 1. The smallest absolute Gasteiger partial charge is 0.330 e. The highest BCUT2D eigenvalue weighted by Gasteiger charge is 2.61. The van der Waals surface area contributed by atoms with Crippen LogP contribution in [0.3, 0.4) is 0 Å². The van der Waals surface area contributed by atoms with Gasteiger partial charge in [0.15, 0.2) is 18.4 Å². The van der Waals surface area contributed by atoms with Gasteiger partial charge in [0.1, 0.15) is 5.60 Å². The molecule has 0 aromatic carbocycles. The molecule has 19 heavy (non-hydrogen) atoms. The molecule has 2 aliphatic rings. The van der Waals surface area contributed by atoms with Gasteiger partial charge in [0.25, 0.3) is 5.56 Å². The molecule has 0 aliphatic carbocycles. The standard InChI is InChI=1S/C11H14N2O6/c1-5-3-13(10(16)12-8(5)15)9-6-7(19-18-6)11(2,4-14)17-9/h3,6-7,9,14H,4H2,1-2H3,(H,12,15,16)/t6?,7?,9-,11-/m1/s1. The van der Waals surface area contributed by atoms with Crippen LogP contribution in [-0.2, 0) is 14.5 Å². The van der Waals surface area contributed by atoms with Gasteiger partial charge in [-0.05, 0) is 13.8 Å². The van der Waals surface area contributed by atoms with Crippen LogP contribution in [0.1, 0.15) is 18.7 Å². The van der Waals surface area contributed by atoms with Crippen molar-refractivity contribution in [1.82, 2.24) is 9.55 Å². The van der Waals surface area contributed by atoms with E-state index in [9.17, 15) is 14.7 Å². The van der Waals surface area contributed by atoms with Crippen molar-refractivity contribution in [3.63, 3.8) is 0 Å². The molecule has 2 fully saturated rings. The van der Waals surface area contributed by atoms with Gasteiger partial charge in [-0.25, -0.2) is 14.6 Å². The molecule has 0 amide bonds. The summed E-state index contributed by atoms with van der Waals surface area (Å²) in [6.07, 6.45) is -0.256. The molecule has 3 rings (SSSR count). The van der Waals surface area contributed by atoms with E-state index in [1.54, 1.807) is 13.8 Å². The number of aliphatic hydroxyl groups is 1. The molecule has 0 radical (unpaired) electrons. The fraction of sp³-hybridized carbons (Fsp3) is 0.636. The second kappa shape index (κ2) is 4.01. The lowest BCUT2D eigenvalue weighted by Crippen LogP contribution is -2.53. The summed E-state index contributed by atoms with van der Waals surface area (Å²) in [6.45, 7) is 3.01. The first-order chi connectivity index (χ1) is 8.96. The van der Waals surface area contributed by atoms with E-state index in [-0.39, 0.29) is 6.61 Å². The van der Waals surface area contributed by atoms with Crippen LogP contribution < -0.4 is 11.2 Å². The van der Waals surface area contributed by atoms with Gasteiger partial charge in [-0.3, -0.25) is 14.3 Å². The number of fused-ring (bicyclic) bond motifs is 1. The molecule has 8 heteroatoms. The maximum absolute atomic E-state index is 11.8. The summed E-state index contributed by atoms with van der Waals surface area (Å²) in [5.74, 6) is 0. The largest absolute Gasteiger partial charge is 0.393 e. The Balaban J connectivity index is 2.03. The highest BCUT2D eigenvalue weighted by atomic mass is 17.3. The Morgan fingerprint density at radius 1 is 1.47 bits per heavy atom. The van der Waals surface area contributed by atoms with Crippen LogP contribution in [0, 0.1) is 6.92 Å². The number of rotatable bonds is 2. The van der Waals surface area contributed by atoms with Crippen molar-refractivity contribution in [2.75, 3.05) is 6.61 Å². The van der Waals surface area contributed by atoms with Gasteiger partial charge in [0.05, 0.1) is 6.61 Å². The molecule has 4 atom stereocenters. The first kappa shape index (κ1) is 12.5. The molecule has 0 spiro atoms.